The first kappa shape index (κ1) is 16.6. The number of benzene rings is 2. The Morgan fingerprint density at radius 2 is 1.91 bits per heavy atom. The van der Waals surface area contributed by atoms with Crippen LogP contribution in [0.4, 0.5) is 0 Å². The Bertz CT molecular complexity index is 753. The van der Waals surface area contributed by atoms with Gasteiger partial charge < -0.3 is 4.74 Å². The second-order valence-electron chi connectivity index (χ2n) is 5.68. The van der Waals surface area contributed by atoms with Gasteiger partial charge in [-0.05, 0) is 56.0 Å². The minimum atomic E-state index is -0.203. The number of nitriles is 2. The molecule has 3 nitrogen and oxygen atoms in total. The van der Waals surface area contributed by atoms with Crippen LogP contribution in [-0.4, -0.2) is 6.61 Å². The van der Waals surface area contributed by atoms with E-state index in [0.29, 0.717) is 12.2 Å². The lowest BCUT2D eigenvalue weighted by Crippen LogP contribution is -2.03. The van der Waals surface area contributed by atoms with Crippen LogP contribution in [0.3, 0.4) is 0 Å². The molecule has 0 saturated carbocycles. The monoisotopic (exact) mass is 304 g/mol. The first-order valence-electron chi connectivity index (χ1n) is 7.74. The molecule has 0 saturated heterocycles. The molecule has 2 aromatic rings. The maximum atomic E-state index is 9.36. The Labute approximate surface area is 137 Å². The fourth-order valence-corrected chi connectivity index (χ4v) is 2.56. The molecule has 0 spiro atoms. The van der Waals surface area contributed by atoms with Crippen molar-refractivity contribution in [2.24, 2.45) is 0 Å². The third-order valence-electron chi connectivity index (χ3n) is 3.80. The summed E-state index contributed by atoms with van der Waals surface area (Å²) in [5.41, 5.74) is 3.84. The molecule has 116 valence electrons. The molecule has 2 aromatic carbocycles. The number of ether oxygens (including phenoxy) is 1. The fraction of sp³-hybridized carbons (Fsp3) is 0.300. The van der Waals surface area contributed by atoms with Gasteiger partial charge in [0.1, 0.15) is 5.75 Å². The molecule has 0 aromatic heterocycles. The maximum absolute atomic E-state index is 9.36. The highest BCUT2D eigenvalue weighted by atomic mass is 16.5. The van der Waals surface area contributed by atoms with E-state index in [1.807, 2.05) is 31.2 Å². The average molecular weight is 304 g/mol. The van der Waals surface area contributed by atoms with Crippen molar-refractivity contribution in [2.45, 2.75) is 32.6 Å². The topological polar surface area (TPSA) is 56.8 Å². The number of hydrogen-bond donors (Lipinski definition) is 0. The summed E-state index contributed by atoms with van der Waals surface area (Å²) in [4.78, 5) is 0. The lowest BCUT2D eigenvalue weighted by atomic mass is 9.94. The van der Waals surface area contributed by atoms with Gasteiger partial charge in [0.2, 0.25) is 0 Å². The zero-order chi connectivity index (χ0) is 16.7. The lowest BCUT2D eigenvalue weighted by molar-refractivity contribution is 0.303. The fourth-order valence-electron chi connectivity index (χ4n) is 2.56. The summed E-state index contributed by atoms with van der Waals surface area (Å²) in [5, 5.41) is 18.3. The van der Waals surface area contributed by atoms with Crippen LogP contribution in [0.2, 0.25) is 0 Å². The highest BCUT2D eigenvalue weighted by Crippen LogP contribution is 2.23. The largest absolute Gasteiger partial charge is 0.493 e. The molecule has 0 aliphatic rings. The van der Waals surface area contributed by atoms with E-state index in [2.05, 4.69) is 25.1 Å². The maximum Gasteiger partial charge on any atom is 0.122 e. The van der Waals surface area contributed by atoms with Gasteiger partial charge in [0.15, 0.2) is 0 Å². The zero-order valence-corrected chi connectivity index (χ0v) is 13.5. The van der Waals surface area contributed by atoms with E-state index in [-0.39, 0.29) is 5.92 Å². The van der Waals surface area contributed by atoms with Gasteiger partial charge in [-0.3, -0.25) is 0 Å². The predicted octanol–water partition coefficient (Wildman–Crippen LogP) is 4.64. The molecule has 0 N–H and O–H groups in total. The van der Waals surface area contributed by atoms with Crippen LogP contribution in [0.25, 0.3) is 0 Å². The third-order valence-corrected chi connectivity index (χ3v) is 3.80. The number of rotatable bonds is 6. The van der Waals surface area contributed by atoms with E-state index in [1.54, 1.807) is 12.1 Å². The van der Waals surface area contributed by atoms with Gasteiger partial charge >= 0.3 is 0 Å². The van der Waals surface area contributed by atoms with Crippen LogP contribution in [0, 0.1) is 36.5 Å². The zero-order valence-electron chi connectivity index (χ0n) is 13.5. The van der Waals surface area contributed by atoms with Gasteiger partial charge in [0.25, 0.3) is 0 Å². The molecule has 1 unspecified atom stereocenters. The minimum Gasteiger partial charge on any atom is -0.493 e. The van der Waals surface area contributed by atoms with Crippen LogP contribution in [0.5, 0.6) is 5.75 Å². The first-order chi connectivity index (χ1) is 11.1. The van der Waals surface area contributed by atoms with Gasteiger partial charge in [-0.15, -0.1) is 0 Å². The summed E-state index contributed by atoms with van der Waals surface area (Å²) < 4.78 is 5.81. The highest BCUT2D eigenvalue weighted by Gasteiger charge is 2.11. The standard InChI is InChI=1S/C20H20N2O/c1-15-8-9-20(16(2)11-15)23-10-4-7-19(14-22)18-6-3-5-17(12-18)13-21/h3,5-6,8-9,11-12,19H,4,7,10H2,1-2H3. The summed E-state index contributed by atoms with van der Waals surface area (Å²) in [6.07, 6.45) is 1.51. The van der Waals surface area contributed by atoms with Crippen molar-refractivity contribution < 1.29 is 4.74 Å². The van der Waals surface area contributed by atoms with Gasteiger partial charge in [-0.2, -0.15) is 10.5 Å². The first-order valence-corrected chi connectivity index (χ1v) is 7.74. The molecule has 0 aliphatic carbocycles. The Morgan fingerprint density at radius 3 is 2.61 bits per heavy atom. The third kappa shape index (κ3) is 4.59. The van der Waals surface area contributed by atoms with E-state index >= 15 is 0 Å². The van der Waals surface area contributed by atoms with Gasteiger partial charge in [0.05, 0.1) is 30.2 Å². The van der Waals surface area contributed by atoms with Crippen LogP contribution in [0.15, 0.2) is 42.5 Å². The molecule has 1 atom stereocenters. The molecule has 3 heteroatoms. The van der Waals surface area contributed by atoms with Crippen LogP contribution < -0.4 is 4.74 Å². The second kappa shape index (κ2) is 8.01. The predicted molar refractivity (Wildman–Crippen MR) is 90.2 cm³/mol. The number of nitrogens with zero attached hydrogens (tertiary/aromatic N) is 2. The van der Waals surface area contributed by atoms with Gasteiger partial charge in [-0.25, -0.2) is 0 Å². The quantitative estimate of drug-likeness (QED) is 0.730. The molecule has 0 aliphatic heterocycles. The van der Waals surface area contributed by atoms with E-state index in [4.69, 9.17) is 10.00 Å². The smallest absolute Gasteiger partial charge is 0.122 e. The van der Waals surface area contributed by atoms with Crippen LogP contribution in [0.1, 0.15) is 41.0 Å². The molecule has 0 fully saturated rings. The van der Waals surface area contributed by atoms with E-state index in [0.717, 1.165) is 29.7 Å². The van der Waals surface area contributed by atoms with Gasteiger partial charge in [0, 0.05) is 0 Å². The summed E-state index contributed by atoms with van der Waals surface area (Å²) in [7, 11) is 0. The van der Waals surface area contributed by atoms with Gasteiger partial charge in [-0.1, -0.05) is 29.8 Å². The summed E-state index contributed by atoms with van der Waals surface area (Å²) in [5.74, 6) is 0.696. The Balaban J connectivity index is 1.89. The summed E-state index contributed by atoms with van der Waals surface area (Å²) in [6, 6.07) is 17.8. The van der Waals surface area contributed by atoms with Crippen molar-refractivity contribution in [3.05, 3.63) is 64.7 Å². The molecule has 23 heavy (non-hydrogen) atoms. The molecule has 0 amide bonds. The van der Waals surface area contributed by atoms with Crippen molar-refractivity contribution in [2.75, 3.05) is 6.61 Å². The highest BCUT2D eigenvalue weighted by molar-refractivity contribution is 5.37. The van der Waals surface area contributed by atoms with Crippen LogP contribution in [-0.2, 0) is 0 Å². The molecule has 2 rings (SSSR count). The van der Waals surface area contributed by atoms with Crippen molar-refractivity contribution in [3.8, 4) is 17.9 Å². The summed E-state index contributed by atoms with van der Waals surface area (Å²) >= 11 is 0. The van der Waals surface area contributed by atoms with Crippen LogP contribution >= 0.6 is 0 Å². The second-order valence-corrected chi connectivity index (χ2v) is 5.68. The summed E-state index contributed by atoms with van der Waals surface area (Å²) in [6.45, 7) is 4.68. The molecular weight excluding hydrogens is 284 g/mol. The molecule has 0 bridgehead atoms. The molecule has 0 heterocycles. The molecular formula is C20H20N2O. The molecule has 0 radical (unpaired) electrons. The van der Waals surface area contributed by atoms with Crippen molar-refractivity contribution >= 4 is 0 Å². The van der Waals surface area contributed by atoms with Crippen molar-refractivity contribution in [3.63, 3.8) is 0 Å². The van der Waals surface area contributed by atoms with E-state index in [1.165, 1.54) is 5.56 Å². The Morgan fingerprint density at radius 1 is 1.09 bits per heavy atom. The van der Waals surface area contributed by atoms with E-state index < -0.39 is 0 Å². The number of aryl methyl sites for hydroxylation is 2. The SMILES string of the molecule is Cc1ccc(OCCCC(C#N)c2cccc(C#N)c2)c(C)c1. The number of hydrogen-bond acceptors (Lipinski definition) is 3. The minimum absolute atomic E-state index is 0.203. The van der Waals surface area contributed by atoms with Crippen molar-refractivity contribution in [1.82, 2.24) is 0 Å². The Kier molecular flexibility index (Phi) is 5.78. The lowest BCUT2D eigenvalue weighted by Gasteiger charge is -2.12. The normalized spacial score (nSPS) is 11.3. The Hall–Kier alpha value is -2.78. The average Bonchev–Trinajstić information content (AvgIpc) is 2.56. The van der Waals surface area contributed by atoms with E-state index in [9.17, 15) is 5.26 Å². The van der Waals surface area contributed by atoms with Crippen molar-refractivity contribution in [1.29, 1.82) is 10.5 Å².